The zero-order valence-electron chi connectivity index (χ0n) is 13.5. The van der Waals surface area contributed by atoms with Crippen LogP contribution in [-0.4, -0.2) is 44.3 Å². The summed E-state index contributed by atoms with van der Waals surface area (Å²) < 4.78 is 1.47. The Kier molecular flexibility index (Phi) is 4.87. The van der Waals surface area contributed by atoms with Crippen LogP contribution < -0.4 is 22.3 Å². The van der Waals surface area contributed by atoms with Crippen LogP contribution in [0.2, 0.25) is 0 Å². The first-order valence-electron chi connectivity index (χ1n) is 7.85. The molecule has 0 aliphatic rings. The highest BCUT2D eigenvalue weighted by Gasteiger charge is 2.14. The molecule has 0 aliphatic heterocycles. The standard InChI is InChI=1S/C16H19N7O2/c17-5-7-19-15-13-16(23(8-6-18)12(25)9-20-13)22-14(21-15)10-1-3-11(24)4-2-10/h1-4,9,24H,5-8,17-18H2,(H,19,21,22). The quantitative estimate of drug-likeness (QED) is 0.486. The second-order valence-electron chi connectivity index (χ2n) is 5.37. The third kappa shape index (κ3) is 3.42. The SMILES string of the molecule is NCCNc1nc(-c2ccc(O)cc2)nc2c1ncc(=O)n2CCN. The molecule has 0 spiro atoms. The smallest absolute Gasteiger partial charge is 0.270 e. The molecule has 25 heavy (non-hydrogen) atoms. The third-order valence-electron chi connectivity index (χ3n) is 3.61. The van der Waals surface area contributed by atoms with E-state index in [-0.39, 0.29) is 11.3 Å². The molecule has 2 heterocycles. The number of nitrogens with one attached hydrogen (secondary N) is 1. The average molecular weight is 341 g/mol. The van der Waals surface area contributed by atoms with Crippen LogP contribution in [0.5, 0.6) is 5.75 Å². The highest BCUT2D eigenvalue weighted by Crippen LogP contribution is 2.24. The minimum absolute atomic E-state index is 0.146. The lowest BCUT2D eigenvalue weighted by atomic mass is 10.2. The second-order valence-corrected chi connectivity index (χ2v) is 5.37. The third-order valence-corrected chi connectivity index (χ3v) is 3.61. The Morgan fingerprint density at radius 2 is 1.88 bits per heavy atom. The summed E-state index contributed by atoms with van der Waals surface area (Å²) in [4.78, 5) is 25.3. The molecule has 2 aromatic heterocycles. The fraction of sp³-hybridized carbons (Fsp3) is 0.250. The van der Waals surface area contributed by atoms with Gasteiger partial charge in [0.15, 0.2) is 17.3 Å². The fourth-order valence-corrected chi connectivity index (χ4v) is 2.44. The van der Waals surface area contributed by atoms with Gasteiger partial charge in [-0.3, -0.25) is 9.36 Å². The van der Waals surface area contributed by atoms with Crippen molar-refractivity contribution in [2.75, 3.05) is 25.0 Å². The van der Waals surface area contributed by atoms with Crippen LogP contribution in [0.1, 0.15) is 0 Å². The summed E-state index contributed by atoms with van der Waals surface area (Å²) in [5, 5.41) is 12.6. The monoisotopic (exact) mass is 341 g/mol. The summed E-state index contributed by atoms with van der Waals surface area (Å²) in [7, 11) is 0. The number of hydrogen-bond donors (Lipinski definition) is 4. The molecule has 130 valence electrons. The molecule has 0 aliphatic carbocycles. The predicted molar refractivity (Wildman–Crippen MR) is 95.3 cm³/mol. The molecule has 1 aromatic carbocycles. The molecule has 9 nitrogen and oxygen atoms in total. The molecule has 0 bridgehead atoms. The number of hydrogen-bond acceptors (Lipinski definition) is 8. The number of phenols is 1. The molecular weight excluding hydrogens is 322 g/mol. The zero-order chi connectivity index (χ0) is 17.8. The van der Waals surface area contributed by atoms with E-state index in [1.54, 1.807) is 24.3 Å². The molecule has 0 fully saturated rings. The van der Waals surface area contributed by atoms with E-state index in [0.717, 1.165) is 0 Å². The predicted octanol–water partition coefficient (Wildman–Crippen LogP) is -0.112. The van der Waals surface area contributed by atoms with E-state index in [9.17, 15) is 9.90 Å². The number of fused-ring (bicyclic) bond motifs is 1. The molecule has 0 saturated carbocycles. The minimum atomic E-state index is -0.280. The van der Waals surface area contributed by atoms with Gasteiger partial charge in [0.25, 0.3) is 5.56 Å². The summed E-state index contributed by atoms with van der Waals surface area (Å²) in [6.07, 6.45) is 1.23. The van der Waals surface area contributed by atoms with Gasteiger partial charge < -0.3 is 21.9 Å². The molecule has 9 heteroatoms. The van der Waals surface area contributed by atoms with E-state index in [4.69, 9.17) is 11.5 Å². The average Bonchev–Trinajstić information content (AvgIpc) is 2.62. The van der Waals surface area contributed by atoms with Crippen molar-refractivity contribution in [2.24, 2.45) is 11.5 Å². The van der Waals surface area contributed by atoms with Crippen molar-refractivity contribution in [3.63, 3.8) is 0 Å². The maximum absolute atomic E-state index is 12.2. The van der Waals surface area contributed by atoms with Crippen molar-refractivity contribution in [1.82, 2.24) is 19.5 Å². The first-order chi connectivity index (χ1) is 12.1. The molecule has 3 aromatic rings. The summed E-state index contributed by atoms with van der Waals surface area (Å²) in [5.41, 5.74) is 12.5. The van der Waals surface area contributed by atoms with E-state index in [0.29, 0.717) is 54.5 Å². The lowest BCUT2D eigenvalue weighted by molar-refractivity contribution is 0.475. The van der Waals surface area contributed by atoms with Gasteiger partial charge >= 0.3 is 0 Å². The Labute approximate surface area is 143 Å². The Morgan fingerprint density at radius 1 is 1.12 bits per heavy atom. The van der Waals surface area contributed by atoms with Gasteiger partial charge in [0.2, 0.25) is 0 Å². The topological polar surface area (TPSA) is 145 Å². The van der Waals surface area contributed by atoms with Crippen LogP contribution in [0.3, 0.4) is 0 Å². The number of benzene rings is 1. The van der Waals surface area contributed by atoms with Gasteiger partial charge in [-0.1, -0.05) is 0 Å². The Hall–Kier alpha value is -3.04. The summed E-state index contributed by atoms with van der Waals surface area (Å²) in [5.74, 6) is 1.04. The van der Waals surface area contributed by atoms with Gasteiger partial charge in [-0.15, -0.1) is 0 Å². The van der Waals surface area contributed by atoms with Crippen molar-refractivity contribution in [3.8, 4) is 17.1 Å². The maximum Gasteiger partial charge on any atom is 0.270 e. The molecule has 0 saturated heterocycles. The molecule has 6 N–H and O–H groups in total. The van der Waals surface area contributed by atoms with Crippen molar-refractivity contribution in [1.29, 1.82) is 0 Å². The molecule has 0 unspecified atom stereocenters. The first-order valence-corrected chi connectivity index (χ1v) is 7.85. The Morgan fingerprint density at radius 3 is 2.56 bits per heavy atom. The highest BCUT2D eigenvalue weighted by molar-refractivity contribution is 5.84. The van der Waals surface area contributed by atoms with E-state index < -0.39 is 0 Å². The van der Waals surface area contributed by atoms with E-state index in [1.165, 1.54) is 10.8 Å². The Bertz CT molecular complexity index is 938. The first kappa shape index (κ1) is 16.8. The minimum Gasteiger partial charge on any atom is -0.508 e. The van der Waals surface area contributed by atoms with Gasteiger partial charge in [-0.05, 0) is 24.3 Å². The number of nitrogens with zero attached hydrogens (tertiary/aromatic N) is 4. The zero-order valence-corrected chi connectivity index (χ0v) is 13.5. The highest BCUT2D eigenvalue weighted by atomic mass is 16.3. The second kappa shape index (κ2) is 7.24. The summed E-state index contributed by atoms with van der Waals surface area (Å²) in [6, 6.07) is 6.49. The number of aromatic nitrogens is 4. The van der Waals surface area contributed by atoms with Crippen LogP contribution >= 0.6 is 0 Å². The maximum atomic E-state index is 12.2. The molecule has 0 radical (unpaired) electrons. The number of nitrogens with two attached hydrogens (primary N) is 2. The number of anilines is 1. The van der Waals surface area contributed by atoms with Gasteiger partial charge in [0, 0.05) is 31.7 Å². The van der Waals surface area contributed by atoms with Crippen molar-refractivity contribution < 1.29 is 5.11 Å². The van der Waals surface area contributed by atoms with Gasteiger partial charge in [-0.25, -0.2) is 15.0 Å². The largest absolute Gasteiger partial charge is 0.508 e. The van der Waals surface area contributed by atoms with Crippen LogP contribution in [0.15, 0.2) is 35.3 Å². The molecule has 0 atom stereocenters. The van der Waals surface area contributed by atoms with E-state index >= 15 is 0 Å². The van der Waals surface area contributed by atoms with Crippen molar-refractivity contribution >= 4 is 17.0 Å². The lowest BCUT2D eigenvalue weighted by Gasteiger charge is -2.13. The van der Waals surface area contributed by atoms with Crippen molar-refractivity contribution in [3.05, 3.63) is 40.8 Å². The molecule has 0 amide bonds. The van der Waals surface area contributed by atoms with Crippen LogP contribution in [0, 0.1) is 0 Å². The van der Waals surface area contributed by atoms with Crippen molar-refractivity contribution in [2.45, 2.75) is 6.54 Å². The van der Waals surface area contributed by atoms with E-state index in [1.807, 2.05) is 0 Å². The lowest BCUT2D eigenvalue weighted by Crippen LogP contribution is -2.26. The van der Waals surface area contributed by atoms with Crippen LogP contribution in [0.25, 0.3) is 22.6 Å². The molecular formula is C16H19N7O2. The number of phenolic OH excluding ortho intramolecular Hbond substituents is 1. The van der Waals surface area contributed by atoms with Crippen LogP contribution in [0.4, 0.5) is 5.82 Å². The van der Waals surface area contributed by atoms with E-state index in [2.05, 4.69) is 20.3 Å². The fourth-order valence-electron chi connectivity index (χ4n) is 2.44. The number of aromatic hydroxyl groups is 1. The number of rotatable bonds is 6. The van der Waals surface area contributed by atoms with Gasteiger partial charge in [-0.2, -0.15) is 0 Å². The van der Waals surface area contributed by atoms with Gasteiger partial charge in [0.1, 0.15) is 11.3 Å². The Balaban J connectivity index is 2.25. The summed E-state index contributed by atoms with van der Waals surface area (Å²) >= 11 is 0. The van der Waals surface area contributed by atoms with Gasteiger partial charge in [0.05, 0.1) is 6.20 Å². The normalized spacial score (nSPS) is 11.0. The molecule has 3 rings (SSSR count). The van der Waals surface area contributed by atoms with Crippen LogP contribution in [-0.2, 0) is 6.54 Å². The summed E-state index contributed by atoms with van der Waals surface area (Å²) in [6.45, 7) is 1.53.